The molecule has 2 heterocycles. The Bertz CT molecular complexity index is 319. The molecule has 2 aliphatic heterocycles. The van der Waals surface area contributed by atoms with Crippen LogP contribution in [0.4, 0.5) is 4.79 Å². The lowest BCUT2D eigenvalue weighted by atomic mass is 10.0. The SMILES string of the molecule is CC1(C)C(=O)NC(=O)N1CC1CNCCN1.Cl.Cl. The van der Waals surface area contributed by atoms with E-state index in [1.165, 1.54) is 0 Å². The fourth-order valence-electron chi connectivity index (χ4n) is 2.07. The molecule has 3 amide bonds. The average Bonchev–Trinajstić information content (AvgIpc) is 2.43. The average molecular weight is 299 g/mol. The Hall–Kier alpha value is -0.560. The standard InChI is InChI=1S/C10H18N4O2.2ClH/c1-10(2)8(15)13-9(16)14(10)6-7-5-11-3-4-12-7;;/h7,11-12H,3-6H2,1-2H3,(H,13,15,16);2*1H. The first-order valence-electron chi connectivity index (χ1n) is 5.59. The van der Waals surface area contributed by atoms with Crippen LogP contribution in [0.3, 0.4) is 0 Å². The first-order chi connectivity index (χ1) is 7.51. The topological polar surface area (TPSA) is 73.5 Å². The van der Waals surface area contributed by atoms with Crippen LogP contribution in [0.25, 0.3) is 0 Å². The fourth-order valence-corrected chi connectivity index (χ4v) is 2.07. The number of nitrogens with one attached hydrogen (secondary N) is 3. The zero-order valence-electron chi connectivity index (χ0n) is 10.5. The van der Waals surface area contributed by atoms with Gasteiger partial charge >= 0.3 is 6.03 Å². The smallest absolute Gasteiger partial charge is 0.314 e. The summed E-state index contributed by atoms with van der Waals surface area (Å²) in [7, 11) is 0. The van der Waals surface area contributed by atoms with Crippen LogP contribution in [0.5, 0.6) is 0 Å². The van der Waals surface area contributed by atoms with Crippen molar-refractivity contribution in [3.63, 3.8) is 0 Å². The molecule has 0 aliphatic carbocycles. The van der Waals surface area contributed by atoms with Crippen LogP contribution in [0.2, 0.25) is 0 Å². The summed E-state index contributed by atoms with van der Waals surface area (Å²) in [6.07, 6.45) is 0. The lowest BCUT2D eigenvalue weighted by molar-refractivity contribution is -0.125. The van der Waals surface area contributed by atoms with E-state index in [0.717, 1.165) is 19.6 Å². The van der Waals surface area contributed by atoms with Crippen LogP contribution in [0, 0.1) is 0 Å². The molecule has 3 N–H and O–H groups in total. The summed E-state index contributed by atoms with van der Waals surface area (Å²) in [5, 5.41) is 8.93. The zero-order chi connectivity index (χ0) is 11.8. The van der Waals surface area contributed by atoms with E-state index in [2.05, 4.69) is 16.0 Å². The first kappa shape index (κ1) is 17.4. The molecule has 1 atom stereocenters. The summed E-state index contributed by atoms with van der Waals surface area (Å²) in [6, 6.07) is -0.0768. The lowest BCUT2D eigenvalue weighted by Crippen LogP contribution is -2.56. The summed E-state index contributed by atoms with van der Waals surface area (Å²) < 4.78 is 0. The van der Waals surface area contributed by atoms with E-state index in [9.17, 15) is 9.59 Å². The highest BCUT2D eigenvalue weighted by atomic mass is 35.5. The summed E-state index contributed by atoms with van der Waals surface area (Å²) in [5.41, 5.74) is -0.740. The number of nitrogens with zero attached hydrogens (tertiary/aromatic N) is 1. The van der Waals surface area contributed by atoms with Crippen molar-refractivity contribution in [3.8, 4) is 0 Å². The minimum Gasteiger partial charge on any atom is -0.314 e. The molecule has 18 heavy (non-hydrogen) atoms. The Balaban J connectivity index is 0.00000144. The van der Waals surface area contributed by atoms with Gasteiger partial charge in [-0.2, -0.15) is 0 Å². The van der Waals surface area contributed by atoms with E-state index in [1.807, 2.05) is 0 Å². The van der Waals surface area contributed by atoms with Crippen LogP contribution in [-0.2, 0) is 4.79 Å². The van der Waals surface area contributed by atoms with Gasteiger partial charge in [-0.1, -0.05) is 0 Å². The van der Waals surface area contributed by atoms with Gasteiger partial charge in [0.2, 0.25) is 0 Å². The van der Waals surface area contributed by atoms with E-state index >= 15 is 0 Å². The maximum Gasteiger partial charge on any atom is 0.325 e. The van der Waals surface area contributed by atoms with Gasteiger partial charge in [0.15, 0.2) is 0 Å². The molecule has 6 nitrogen and oxygen atoms in total. The van der Waals surface area contributed by atoms with Crippen LogP contribution in [-0.4, -0.2) is 54.6 Å². The van der Waals surface area contributed by atoms with Crippen molar-refractivity contribution in [3.05, 3.63) is 0 Å². The van der Waals surface area contributed by atoms with Crippen molar-refractivity contribution in [2.45, 2.75) is 25.4 Å². The molecule has 0 bridgehead atoms. The third-order valence-electron chi connectivity index (χ3n) is 3.22. The van der Waals surface area contributed by atoms with Crippen molar-refractivity contribution in [1.29, 1.82) is 0 Å². The molecule has 2 fully saturated rings. The monoisotopic (exact) mass is 298 g/mol. The van der Waals surface area contributed by atoms with Crippen LogP contribution in [0.1, 0.15) is 13.8 Å². The minimum atomic E-state index is -0.740. The zero-order valence-corrected chi connectivity index (χ0v) is 12.1. The van der Waals surface area contributed by atoms with E-state index in [0.29, 0.717) is 6.54 Å². The van der Waals surface area contributed by atoms with E-state index in [1.54, 1.807) is 18.7 Å². The lowest BCUT2D eigenvalue weighted by Gasteiger charge is -2.33. The third-order valence-corrected chi connectivity index (χ3v) is 3.22. The molecular formula is C10H20Cl2N4O2. The van der Waals surface area contributed by atoms with Gasteiger partial charge < -0.3 is 15.5 Å². The fraction of sp³-hybridized carbons (Fsp3) is 0.800. The van der Waals surface area contributed by atoms with Gasteiger partial charge in [-0.3, -0.25) is 10.1 Å². The molecule has 106 valence electrons. The van der Waals surface area contributed by atoms with Crippen molar-refractivity contribution in [2.75, 3.05) is 26.2 Å². The number of piperazine rings is 1. The molecule has 0 aromatic heterocycles. The number of amides is 3. The summed E-state index contributed by atoms with van der Waals surface area (Å²) in [6.45, 7) is 6.76. The predicted octanol–water partition coefficient (Wildman–Crippen LogP) is -0.278. The van der Waals surface area contributed by atoms with Crippen LogP contribution < -0.4 is 16.0 Å². The van der Waals surface area contributed by atoms with Gasteiger partial charge in [-0.15, -0.1) is 24.8 Å². The quantitative estimate of drug-likeness (QED) is 0.613. The van der Waals surface area contributed by atoms with Crippen molar-refractivity contribution < 1.29 is 9.59 Å². The second-order valence-corrected chi connectivity index (χ2v) is 4.78. The van der Waals surface area contributed by atoms with E-state index in [4.69, 9.17) is 0 Å². The molecule has 2 rings (SSSR count). The predicted molar refractivity (Wildman–Crippen MR) is 73.5 cm³/mol. The molecule has 8 heteroatoms. The van der Waals surface area contributed by atoms with Gasteiger partial charge in [-0.25, -0.2) is 4.79 Å². The molecule has 0 radical (unpaired) electrons. The Morgan fingerprint density at radius 3 is 2.39 bits per heavy atom. The van der Waals surface area contributed by atoms with E-state index < -0.39 is 5.54 Å². The second-order valence-electron chi connectivity index (χ2n) is 4.78. The number of carbonyl (C=O) groups excluding carboxylic acids is 2. The number of hydrogen-bond acceptors (Lipinski definition) is 4. The number of halogens is 2. The molecule has 1 unspecified atom stereocenters. The summed E-state index contributed by atoms with van der Waals surface area (Å²) in [5.74, 6) is -0.221. The number of carbonyl (C=O) groups is 2. The van der Waals surface area contributed by atoms with Crippen LogP contribution >= 0.6 is 24.8 Å². The maximum absolute atomic E-state index is 11.6. The number of hydrogen-bond donors (Lipinski definition) is 3. The third kappa shape index (κ3) is 3.26. The highest BCUT2D eigenvalue weighted by molar-refractivity contribution is 6.06. The molecule has 0 spiro atoms. The second kappa shape index (κ2) is 6.56. The largest absolute Gasteiger partial charge is 0.325 e. The van der Waals surface area contributed by atoms with Gasteiger partial charge in [0.25, 0.3) is 5.91 Å². The maximum atomic E-state index is 11.6. The highest BCUT2D eigenvalue weighted by Crippen LogP contribution is 2.20. The Morgan fingerprint density at radius 2 is 1.94 bits per heavy atom. The van der Waals surface area contributed by atoms with Gasteiger partial charge in [0, 0.05) is 32.2 Å². The Labute approximate surface area is 119 Å². The highest BCUT2D eigenvalue weighted by Gasteiger charge is 2.46. The van der Waals surface area contributed by atoms with Gasteiger partial charge in [-0.05, 0) is 13.8 Å². The molecule has 2 saturated heterocycles. The Morgan fingerprint density at radius 1 is 1.28 bits per heavy atom. The van der Waals surface area contributed by atoms with Crippen LogP contribution in [0.15, 0.2) is 0 Å². The van der Waals surface area contributed by atoms with Crippen molar-refractivity contribution in [1.82, 2.24) is 20.9 Å². The number of urea groups is 1. The number of imide groups is 1. The molecule has 0 saturated carbocycles. The summed E-state index contributed by atoms with van der Waals surface area (Å²) in [4.78, 5) is 24.8. The first-order valence-corrected chi connectivity index (χ1v) is 5.59. The molecule has 0 aromatic carbocycles. The van der Waals surface area contributed by atoms with Gasteiger partial charge in [0.05, 0.1) is 0 Å². The molecular weight excluding hydrogens is 279 g/mol. The van der Waals surface area contributed by atoms with Crippen molar-refractivity contribution in [2.24, 2.45) is 0 Å². The Kier molecular flexibility index (Phi) is 6.36. The van der Waals surface area contributed by atoms with Crippen molar-refractivity contribution >= 4 is 36.8 Å². The normalized spacial score (nSPS) is 26.1. The summed E-state index contributed by atoms with van der Waals surface area (Å²) >= 11 is 0. The molecule has 0 aromatic rings. The van der Waals surface area contributed by atoms with E-state index in [-0.39, 0.29) is 42.8 Å². The molecule has 2 aliphatic rings. The van der Waals surface area contributed by atoms with Gasteiger partial charge in [0.1, 0.15) is 5.54 Å². The number of rotatable bonds is 2. The minimum absolute atomic E-state index is 0.